The first-order valence-corrected chi connectivity index (χ1v) is 8.51. The fourth-order valence-electron chi connectivity index (χ4n) is 2.29. The number of thioether (sulfide) groups is 1. The van der Waals surface area contributed by atoms with E-state index in [4.69, 9.17) is 9.52 Å². The maximum atomic E-state index is 10.8. The zero-order valence-electron chi connectivity index (χ0n) is 13.4. The van der Waals surface area contributed by atoms with Crippen molar-refractivity contribution >= 4 is 17.7 Å². The van der Waals surface area contributed by atoms with Crippen LogP contribution >= 0.6 is 11.8 Å². The van der Waals surface area contributed by atoms with Crippen molar-refractivity contribution in [3.63, 3.8) is 0 Å². The summed E-state index contributed by atoms with van der Waals surface area (Å²) in [6.07, 6.45) is 0. The van der Waals surface area contributed by atoms with E-state index in [1.807, 2.05) is 62.4 Å². The fraction of sp³-hybridized carbons (Fsp3) is 0.158. The van der Waals surface area contributed by atoms with E-state index in [0.29, 0.717) is 11.0 Å². The molecule has 0 spiro atoms. The van der Waals surface area contributed by atoms with Crippen molar-refractivity contribution in [2.75, 3.05) is 5.75 Å². The molecular weight excluding hydrogens is 322 g/mol. The number of aromatic nitrogens is 1. The van der Waals surface area contributed by atoms with Gasteiger partial charge in [-0.15, -0.1) is 0 Å². The third kappa shape index (κ3) is 3.68. The van der Waals surface area contributed by atoms with E-state index in [-0.39, 0.29) is 5.75 Å². The van der Waals surface area contributed by atoms with Crippen molar-refractivity contribution < 1.29 is 14.3 Å². The van der Waals surface area contributed by atoms with E-state index in [9.17, 15) is 4.79 Å². The summed E-state index contributed by atoms with van der Waals surface area (Å²) in [5, 5.41) is 9.22. The smallest absolute Gasteiger partial charge is 0.314 e. The predicted molar refractivity (Wildman–Crippen MR) is 95.2 cm³/mol. The lowest BCUT2D eigenvalue weighted by Crippen LogP contribution is -1.97. The molecule has 1 heterocycles. The average Bonchev–Trinajstić information content (AvgIpc) is 2.98. The van der Waals surface area contributed by atoms with Crippen LogP contribution in [0.15, 0.2) is 58.2 Å². The molecule has 0 amide bonds. The lowest BCUT2D eigenvalue weighted by molar-refractivity contribution is -0.133. The van der Waals surface area contributed by atoms with Crippen LogP contribution in [0, 0.1) is 13.8 Å². The number of rotatable bonds is 5. The summed E-state index contributed by atoms with van der Waals surface area (Å²) in [5.74, 6) is -0.319. The quantitative estimate of drug-likeness (QED) is 0.676. The van der Waals surface area contributed by atoms with E-state index in [2.05, 4.69) is 4.98 Å². The molecule has 0 bridgehead atoms. The van der Waals surface area contributed by atoms with E-state index in [0.717, 1.165) is 34.1 Å². The van der Waals surface area contributed by atoms with Crippen LogP contribution in [0.25, 0.3) is 22.6 Å². The number of aryl methyl sites for hydroxylation is 2. The number of hydrogen-bond donors (Lipinski definition) is 1. The highest BCUT2D eigenvalue weighted by Gasteiger charge is 2.18. The van der Waals surface area contributed by atoms with Gasteiger partial charge < -0.3 is 9.52 Å². The summed E-state index contributed by atoms with van der Waals surface area (Å²) >= 11 is 1.08. The maximum absolute atomic E-state index is 10.8. The predicted octanol–water partition coefficient (Wildman–Crippen LogP) is 4.80. The molecule has 2 aromatic carbocycles. The number of nitrogens with zero attached hydrogens (tertiary/aromatic N) is 1. The summed E-state index contributed by atoms with van der Waals surface area (Å²) in [7, 11) is 0. The monoisotopic (exact) mass is 339 g/mol. The van der Waals surface area contributed by atoms with Crippen molar-refractivity contribution in [1.29, 1.82) is 0 Å². The SMILES string of the molecule is Cc1ccc(-c2nc(SCC(=O)O)oc2-c2ccc(C)cc2)cc1. The summed E-state index contributed by atoms with van der Waals surface area (Å²) in [6, 6.07) is 16.0. The number of hydrogen-bond acceptors (Lipinski definition) is 4. The number of aliphatic carboxylic acids is 1. The minimum absolute atomic E-state index is 0.0822. The van der Waals surface area contributed by atoms with Gasteiger partial charge in [-0.2, -0.15) is 0 Å². The Hall–Kier alpha value is -2.53. The molecule has 0 fully saturated rings. The zero-order valence-corrected chi connectivity index (χ0v) is 14.3. The molecule has 1 N–H and O–H groups in total. The number of benzene rings is 2. The van der Waals surface area contributed by atoms with E-state index in [1.54, 1.807) is 0 Å². The van der Waals surface area contributed by atoms with Crippen LogP contribution in [0.1, 0.15) is 11.1 Å². The van der Waals surface area contributed by atoms with E-state index in [1.165, 1.54) is 5.56 Å². The Morgan fingerprint density at radius 1 is 1.00 bits per heavy atom. The molecule has 122 valence electrons. The van der Waals surface area contributed by atoms with Gasteiger partial charge in [0, 0.05) is 11.1 Å². The Balaban J connectivity index is 2.05. The second kappa shape index (κ2) is 6.93. The van der Waals surface area contributed by atoms with Gasteiger partial charge in [0.15, 0.2) is 5.76 Å². The van der Waals surface area contributed by atoms with Crippen molar-refractivity contribution in [1.82, 2.24) is 4.98 Å². The molecule has 3 rings (SSSR count). The van der Waals surface area contributed by atoms with E-state index >= 15 is 0 Å². The summed E-state index contributed by atoms with van der Waals surface area (Å²) in [5.41, 5.74) is 4.93. The number of oxazole rings is 1. The largest absolute Gasteiger partial charge is 0.481 e. The van der Waals surface area contributed by atoms with E-state index < -0.39 is 5.97 Å². The molecule has 4 nitrogen and oxygen atoms in total. The topological polar surface area (TPSA) is 63.3 Å². The van der Waals surface area contributed by atoms with Gasteiger partial charge in [0.25, 0.3) is 5.22 Å². The van der Waals surface area contributed by atoms with Crippen LogP contribution < -0.4 is 0 Å². The first kappa shape index (κ1) is 16.3. The Morgan fingerprint density at radius 3 is 2.08 bits per heavy atom. The molecule has 0 saturated carbocycles. The molecule has 3 aromatic rings. The normalized spacial score (nSPS) is 10.8. The van der Waals surface area contributed by atoms with Crippen molar-refractivity contribution in [3.05, 3.63) is 59.7 Å². The van der Waals surface area contributed by atoms with Crippen LogP contribution in [-0.4, -0.2) is 21.8 Å². The third-order valence-electron chi connectivity index (χ3n) is 3.57. The minimum atomic E-state index is -0.896. The van der Waals surface area contributed by atoms with Crippen LogP contribution in [0.3, 0.4) is 0 Å². The molecule has 24 heavy (non-hydrogen) atoms. The minimum Gasteiger partial charge on any atom is -0.481 e. The molecule has 0 radical (unpaired) electrons. The fourth-order valence-corrected chi connectivity index (χ4v) is 2.84. The Morgan fingerprint density at radius 2 is 1.54 bits per heavy atom. The molecular formula is C19H17NO3S. The first-order valence-electron chi connectivity index (χ1n) is 7.52. The number of carbonyl (C=O) groups is 1. The molecule has 5 heteroatoms. The standard InChI is InChI=1S/C19H17NO3S/c1-12-3-7-14(8-4-12)17-18(15-9-5-13(2)6-10-15)23-19(20-17)24-11-16(21)22/h3-10H,11H2,1-2H3,(H,21,22). The zero-order chi connectivity index (χ0) is 17.1. The van der Waals surface area contributed by atoms with Crippen LogP contribution in [0.2, 0.25) is 0 Å². The molecule has 0 saturated heterocycles. The van der Waals surface area contributed by atoms with Gasteiger partial charge in [0.2, 0.25) is 0 Å². The second-order valence-electron chi connectivity index (χ2n) is 5.57. The van der Waals surface area contributed by atoms with Crippen LogP contribution in [-0.2, 0) is 4.79 Å². The summed E-state index contributed by atoms with van der Waals surface area (Å²) in [6.45, 7) is 4.06. The Labute approximate surface area is 144 Å². The maximum Gasteiger partial charge on any atom is 0.314 e. The molecule has 0 aliphatic rings. The van der Waals surface area contributed by atoms with Crippen molar-refractivity contribution in [3.8, 4) is 22.6 Å². The highest BCUT2D eigenvalue weighted by Crippen LogP contribution is 2.35. The van der Waals surface area contributed by atoms with Crippen molar-refractivity contribution in [2.45, 2.75) is 19.1 Å². The van der Waals surface area contributed by atoms with Crippen LogP contribution in [0.4, 0.5) is 0 Å². The summed E-state index contributed by atoms with van der Waals surface area (Å²) in [4.78, 5) is 15.3. The molecule has 1 aromatic heterocycles. The lowest BCUT2D eigenvalue weighted by Gasteiger charge is -2.02. The number of carboxylic acid groups (broad SMARTS) is 1. The first-order chi connectivity index (χ1) is 11.5. The van der Waals surface area contributed by atoms with Gasteiger partial charge in [-0.1, -0.05) is 71.4 Å². The molecule has 0 aliphatic carbocycles. The van der Waals surface area contributed by atoms with Crippen LogP contribution in [0.5, 0.6) is 0 Å². The Kier molecular flexibility index (Phi) is 4.71. The third-order valence-corrected chi connectivity index (χ3v) is 4.38. The van der Waals surface area contributed by atoms with Gasteiger partial charge in [-0.3, -0.25) is 4.79 Å². The van der Waals surface area contributed by atoms with Gasteiger partial charge in [-0.05, 0) is 13.8 Å². The van der Waals surface area contributed by atoms with Gasteiger partial charge in [-0.25, -0.2) is 4.98 Å². The Bertz CT molecular complexity index is 788. The second-order valence-corrected chi connectivity index (χ2v) is 6.50. The summed E-state index contributed by atoms with van der Waals surface area (Å²) < 4.78 is 5.86. The average molecular weight is 339 g/mol. The van der Waals surface area contributed by atoms with Gasteiger partial charge >= 0.3 is 5.97 Å². The van der Waals surface area contributed by atoms with Gasteiger partial charge in [0.1, 0.15) is 11.4 Å². The molecule has 0 unspecified atom stereocenters. The van der Waals surface area contributed by atoms with Gasteiger partial charge in [0.05, 0.1) is 0 Å². The molecule has 0 aliphatic heterocycles. The molecule has 0 atom stereocenters. The van der Waals surface area contributed by atoms with Crippen molar-refractivity contribution in [2.24, 2.45) is 0 Å². The highest BCUT2D eigenvalue weighted by atomic mass is 32.2. The number of carboxylic acids is 1. The lowest BCUT2D eigenvalue weighted by atomic mass is 10.0. The highest BCUT2D eigenvalue weighted by molar-refractivity contribution is 7.99.